The Morgan fingerprint density at radius 2 is 2.31 bits per heavy atom. The molecule has 1 aliphatic heterocycles. The maximum atomic E-state index is 12.0. The lowest BCUT2D eigenvalue weighted by atomic mass is 10.1. The topological polar surface area (TPSA) is 53.4 Å². The van der Waals surface area contributed by atoms with E-state index in [1.807, 2.05) is 0 Å². The Hall–Kier alpha value is -1.38. The predicted molar refractivity (Wildman–Crippen MR) is 61.2 cm³/mol. The third kappa shape index (κ3) is 2.23. The van der Waals surface area contributed by atoms with E-state index in [0.29, 0.717) is 36.6 Å². The molecule has 84 valence electrons. The summed E-state index contributed by atoms with van der Waals surface area (Å²) in [6.07, 6.45) is 6.20. The van der Waals surface area contributed by atoms with Gasteiger partial charge in [0.2, 0.25) is 0 Å². The number of aliphatic hydroxyl groups is 1. The van der Waals surface area contributed by atoms with Gasteiger partial charge in [-0.15, -0.1) is 17.8 Å². The van der Waals surface area contributed by atoms with Gasteiger partial charge < -0.3 is 10.0 Å². The van der Waals surface area contributed by atoms with Crippen LogP contribution in [0.15, 0.2) is 5.38 Å². The molecule has 1 N–H and O–H groups in total. The molecule has 0 aromatic carbocycles. The van der Waals surface area contributed by atoms with E-state index in [-0.39, 0.29) is 12.0 Å². The second kappa shape index (κ2) is 4.64. The maximum Gasteiger partial charge on any atom is 0.273 e. The molecule has 1 aliphatic rings. The fourth-order valence-electron chi connectivity index (χ4n) is 1.67. The number of piperidine rings is 1. The Balaban J connectivity index is 2.05. The minimum atomic E-state index is -0.277. The lowest BCUT2D eigenvalue weighted by Crippen LogP contribution is -2.40. The average Bonchev–Trinajstić information content (AvgIpc) is 2.77. The molecule has 5 heteroatoms. The lowest BCUT2D eigenvalue weighted by Gasteiger charge is -2.28. The van der Waals surface area contributed by atoms with Crippen molar-refractivity contribution in [1.29, 1.82) is 0 Å². The van der Waals surface area contributed by atoms with Gasteiger partial charge in [-0.2, -0.15) is 0 Å². The molecule has 2 heterocycles. The third-order valence-corrected chi connectivity index (χ3v) is 3.37. The number of carbonyl (C=O) groups excluding carboxylic acids is 1. The lowest BCUT2D eigenvalue weighted by molar-refractivity contribution is 0.0542. The van der Waals surface area contributed by atoms with Gasteiger partial charge in [0.15, 0.2) is 5.01 Å². The molecule has 1 saturated heterocycles. The Morgan fingerprint density at radius 1 is 1.62 bits per heavy atom. The van der Waals surface area contributed by atoms with Crippen molar-refractivity contribution in [1.82, 2.24) is 9.88 Å². The van der Waals surface area contributed by atoms with E-state index < -0.39 is 0 Å². The third-order valence-electron chi connectivity index (χ3n) is 2.60. The first-order valence-electron chi connectivity index (χ1n) is 5.10. The van der Waals surface area contributed by atoms with E-state index in [4.69, 9.17) is 6.42 Å². The average molecular weight is 236 g/mol. The predicted octanol–water partition coefficient (Wildman–Crippen LogP) is 0.721. The van der Waals surface area contributed by atoms with Crippen LogP contribution >= 0.6 is 11.3 Å². The van der Waals surface area contributed by atoms with Crippen LogP contribution in [0.4, 0.5) is 0 Å². The van der Waals surface area contributed by atoms with Gasteiger partial charge >= 0.3 is 0 Å². The Kier molecular flexibility index (Phi) is 3.22. The van der Waals surface area contributed by atoms with Crippen LogP contribution < -0.4 is 0 Å². The van der Waals surface area contributed by atoms with E-state index >= 15 is 0 Å². The van der Waals surface area contributed by atoms with Crippen molar-refractivity contribution >= 4 is 17.2 Å². The second-order valence-electron chi connectivity index (χ2n) is 3.71. The highest BCUT2D eigenvalue weighted by Gasteiger charge is 2.23. The zero-order valence-corrected chi connectivity index (χ0v) is 9.54. The molecular weight excluding hydrogens is 224 g/mol. The van der Waals surface area contributed by atoms with Crippen molar-refractivity contribution in [2.45, 2.75) is 18.9 Å². The summed E-state index contributed by atoms with van der Waals surface area (Å²) in [6, 6.07) is 0. The number of hydrogen-bond donors (Lipinski definition) is 1. The monoisotopic (exact) mass is 236 g/mol. The van der Waals surface area contributed by atoms with Crippen LogP contribution in [0.1, 0.15) is 28.3 Å². The molecular formula is C11H12N2O2S. The summed E-state index contributed by atoms with van der Waals surface area (Å²) >= 11 is 1.30. The number of aromatic nitrogens is 1. The highest BCUT2D eigenvalue weighted by atomic mass is 32.1. The first kappa shape index (κ1) is 11.1. The zero-order valence-electron chi connectivity index (χ0n) is 8.72. The van der Waals surface area contributed by atoms with Crippen molar-refractivity contribution in [2.75, 3.05) is 13.1 Å². The molecule has 1 aromatic rings. The molecule has 0 bridgehead atoms. The van der Waals surface area contributed by atoms with Gasteiger partial charge in [-0.25, -0.2) is 4.98 Å². The summed E-state index contributed by atoms with van der Waals surface area (Å²) in [4.78, 5) is 17.7. The molecule has 1 amide bonds. The Labute approximate surface area is 97.9 Å². The molecule has 0 saturated carbocycles. The van der Waals surface area contributed by atoms with E-state index in [2.05, 4.69) is 10.9 Å². The van der Waals surface area contributed by atoms with Crippen LogP contribution in [0, 0.1) is 12.3 Å². The number of aliphatic hydroxyl groups excluding tert-OH is 1. The highest BCUT2D eigenvalue weighted by Crippen LogP contribution is 2.15. The largest absolute Gasteiger partial charge is 0.393 e. The number of carbonyl (C=O) groups is 1. The number of thiazole rings is 1. The fraction of sp³-hybridized carbons (Fsp3) is 0.455. The first-order chi connectivity index (χ1) is 7.70. The summed E-state index contributed by atoms with van der Waals surface area (Å²) in [6.45, 7) is 1.17. The standard InChI is InChI=1S/C11H12N2O2S/c1-2-10-12-9(7-16-10)11(15)13-5-3-8(14)4-6-13/h1,7-8,14H,3-6H2. The summed E-state index contributed by atoms with van der Waals surface area (Å²) in [5, 5.41) is 11.6. The number of likely N-dealkylation sites (tertiary alicyclic amines) is 1. The molecule has 2 rings (SSSR count). The quantitative estimate of drug-likeness (QED) is 0.731. The van der Waals surface area contributed by atoms with Crippen molar-refractivity contribution in [3.05, 3.63) is 16.1 Å². The van der Waals surface area contributed by atoms with E-state index in [9.17, 15) is 9.90 Å². The van der Waals surface area contributed by atoms with Gasteiger partial charge in [0.1, 0.15) is 5.69 Å². The zero-order chi connectivity index (χ0) is 11.5. The number of terminal acetylenes is 1. The molecule has 0 atom stereocenters. The molecule has 16 heavy (non-hydrogen) atoms. The molecule has 0 unspecified atom stereocenters. The van der Waals surface area contributed by atoms with Gasteiger partial charge in [-0.05, 0) is 18.8 Å². The van der Waals surface area contributed by atoms with Crippen molar-refractivity contribution in [2.24, 2.45) is 0 Å². The molecule has 1 fully saturated rings. The molecule has 0 radical (unpaired) electrons. The van der Waals surface area contributed by atoms with E-state index in [0.717, 1.165) is 0 Å². The fourth-order valence-corrected chi connectivity index (χ4v) is 2.27. The van der Waals surface area contributed by atoms with Gasteiger partial charge in [0, 0.05) is 18.5 Å². The van der Waals surface area contributed by atoms with Crippen molar-refractivity contribution in [3.8, 4) is 12.3 Å². The van der Waals surface area contributed by atoms with Gasteiger partial charge in [0.05, 0.1) is 6.10 Å². The van der Waals surface area contributed by atoms with Crippen LogP contribution in [0.5, 0.6) is 0 Å². The van der Waals surface area contributed by atoms with Gasteiger partial charge in [-0.1, -0.05) is 0 Å². The second-order valence-corrected chi connectivity index (χ2v) is 4.56. The number of hydrogen-bond acceptors (Lipinski definition) is 4. The SMILES string of the molecule is C#Cc1nc(C(=O)N2CCC(O)CC2)cs1. The summed E-state index contributed by atoms with van der Waals surface area (Å²) in [5.41, 5.74) is 0.411. The number of rotatable bonds is 1. The smallest absolute Gasteiger partial charge is 0.273 e. The van der Waals surface area contributed by atoms with Crippen LogP contribution in [0.25, 0.3) is 0 Å². The maximum absolute atomic E-state index is 12.0. The van der Waals surface area contributed by atoms with Crippen LogP contribution in [0.3, 0.4) is 0 Å². The van der Waals surface area contributed by atoms with Crippen LogP contribution in [-0.4, -0.2) is 40.1 Å². The molecule has 0 aliphatic carbocycles. The summed E-state index contributed by atoms with van der Waals surface area (Å²) in [5.74, 6) is 2.32. The van der Waals surface area contributed by atoms with E-state index in [1.54, 1.807) is 10.3 Å². The Morgan fingerprint density at radius 3 is 2.88 bits per heavy atom. The minimum Gasteiger partial charge on any atom is -0.393 e. The van der Waals surface area contributed by atoms with Gasteiger partial charge in [-0.3, -0.25) is 4.79 Å². The number of nitrogens with zero attached hydrogens (tertiary/aromatic N) is 2. The normalized spacial score (nSPS) is 17.1. The van der Waals surface area contributed by atoms with Crippen LogP contribution in [0.2, 0.25) is 0 Å². The van der Waals surface area contributed by atoms with Gasteiger partial charge in [0.25, 0.3) is 5.91 Å². The molecule has 0 spiro atoms. The first-order valence-corrected chi connectivity index (χ1v) is 5.98. The minimum absolute atomic E-state index is 0.0929. The summed E-state index contributed by atoms with van der Waals surface area (Å²) in [7, 11) is 0. The molecule has 1 aromatic heterocycles. The number of amides is 1. The Bertz CT molecular complexity index is 427. The van der Waals surface area contributed by atoms with Crippen molar-refractivity contribution < 1.29 is 9.90 Å². The van der Waals surface area contributed by atoms with Crippen molar-refractivity contribution in [3.63, 3.8) is 0 Å². The molecule has 4 nitrogen and oxygen atoms in total. The van der Waals surface area contributed by atoms with E-state index in [1.165, 1.54) is 11.3 Å². The summed E-state index contributed by atoms with van der Waals surface area (Å²) < 4.78 is 0. The van der Waals surface area contributed by atoms with Crippen LogP contribution in [-0.2, 0) is 0 Å². The highest BCUT2D eigenvalue weighted by molar-refractivity contribution is 7.10.